The highest BCUT2D eigenvalue weighted by Gasteiger charge is 2.04. The molecule has 0 fully saturated rings. The zero-order valence-electron chi connectivity index (χ0n) is 13.2. The van der Waals surface area contributed by atoms with E-state index >= 15 is 0 Å². The van der Waals surface area contributed by atoms with Crippen LogP contribution in [-0.4, -0.2) is 20.7 Å². The number of nitrogens with one attached hydrogen (secondary N) is 1. The molecule has 5 nitrogen and oxygen atoms in total. The van der Waals surface area contributed by atoms with Crippen LogP contribution in [0.1, 0.15) is 16.7 Å². The number of hydrogen-bond acceptors (Lipinski definition) is 3. The van der Waals surface area contributed by atoms with E-state index in [9.17, 15) is 4.79 Å². The molecule has 0 aliphatic carbocycles. The first-order valence-corrected chi connectivity index (χ1v) is 7.71. The third-order valence-electron chi connectivity index (χ3n) is 3.57. The van der Waals surface area contributed by atoms with Crippen molar-refractivity contribution >= 4 is 12.0 Å². The molecule has 24 heavy (non-hydrogen) atoms. The van der Waals surface area contributed by atoms with E-state index < -0.39 is 0 Å². The molecule has 0 saturated carbocycles. The number of benzene rings is 1. The Morgan fingerprint density at radius 3 is 2.71 bits per heavy atom. The Kier molecular flexibility index (Phi) is 5.14. The van der Waals surface area contributed by atoms with E-state index in [0.717, 1.165) is 16.7 Å². The number of rotatable bonds is 6. The molecule has 3 aromatic rings. The molecule has 3 rings (SSSR count). The molecule has 5 heteroatoms. The number of nitrogens with zero attached hydrogens (tertiary/aromatic N) is 3. The monoisotopic (exact) mass is 318 g/mol. The Bertz CT molecular complexity index is 810. The minimum Gasteiger partial charge on any atom is -0.348 e. The number of aromatic nitrogens is 3. The van der Waals surface area contributed by atoms with Gasteiger partial charge in [-0.2, -0.15) is 5.10 Å². The first kappa shape index (κ1) is 15.7. The minimum absolute atomic E-state index is 0.132. The summed E-state index contributed by atoms with van der Waals surface area (Å²) in [6.07, 6.45) is 10.4. The fourth-order valence-corrected chi connectivity index (χ4v) is 2.34. The lowest BCUT2D eigenvalue weighted by Crippen LogP contribution is -2.21. The van der Waals surface area contributed by atoms with Gasteiger partial charge in [-0.25, -0.2) is 0 Å². The van der Waals surface area contributed by atoms with Crippen LogP contribution < -0.4 is 5.32 Å². The van der Waals surface area contributed by atoms with E-state index in [1.165, 1.54) is 6.08 Å². The number of amides is 1. The SMILES string of the molecule is O=C(/C=C/c1cccnc1)NCc1ccccc1Cn1cccn1. The van der Waals surface area contributed by atoms with Crippen molar-refractivity contribution in [3.8, 4) is 0 Å². The molecule has 0 atom stereocenters. The molecule has 120 valence electrons. The zero-order chi connectivity index (χ0) is 16.6. The van der Waals surface area contributed by atoms with Gasteiger partial charge in [-0.05, 0) is 34.9 Å². The first-order valence-electron chi connectivity index (χ1n) is 7.71. The van der Waals surface area contributed by atoms with Crippen LogP contribution >= 0.6 is 0 Å². The lowest BCUT2D eigenvalue weighted by Gasteiger charge is -2.10. The quantitative estimate of drug-likeness (QED) is 0.711. The van der Waals surface area contributed by atoms with Crippen molar-refractivity contribution in [2.75, 3.05) is 0 Å². The molecule has 0 saturated heterocycles. The normalized spacial score (nSPS) is 10.8. The van der Waals surface area contributed by atoms with E-state index in [-0.39, 0.29) is 5.91 Å². The highest BCUT2D eigenvalue weighted by atomic mass is 16.1. The molecular weight excluding hydrogens is 300 g/mol. The van der Waals surface area contributed by atoms with Gasteiger partial charge in [-0.1, -0.05) is 30.3 Å². The third-order valence-corrected chi connectivity index (χ3v) is 3.57. The van der Waals surface area contributed by atoms with Gasteiger partial charge in [0, 0.05) is 37.4 Å². The summed E-state index contributed by atoms with van der Waals surface area (Å²) in [4.78, 5) is 16.0. The Hall–Kier alpha value is -3.21. The first-order chi connectivity index (χ1) is 11.8. The number of hydrogen-bond donors (Lipinski definition) is 1. The number of pyridine rings is 1. The summed E-state index contributed by atoms with van der Waals surface area (Å²) in [5, 5.41) is 7.14. The summed E-state index contributed by atoms with van der Waals surface area (Å²) in [5.41, 5.74) is 3.11. The van der Waals surface area contributed by atoms with E-state index in [0.29, 0.717) is 13.1 Å². The standard InChI is InChI=1S/C19H18N4O/c24-19(9-8-16-5-3-10-20-13-16)21-14-17-6-1-2-7-18(17)15-23-12-4-11-22-23/h1-13H,14-15H2,(H,21,24)/b9-8+. The maximum absolute atomic E-state index is 12.0. The number of carbonyl (C=O) groups is 1. The second-order valence-electron chi connectivity index (χ2n) is 5.31. The molecule has 2 aromatic heterocycles. The highest BCUT2D eigenvalue weighted by molar-refractivity contribution is 5.91. The lowest BCUT2D eigenvalue weighted by atomic mass is 10.1. The average Bonchev–Trinajstić information content (AvgIpc) is 3.13. The summed E-state index contributed by atoms with van der Waals surface area (Å²) in [5.74, 6) is -0.132. The molecule has 0 aliphatic rings. The van der Waals surface area contributed by atoms with Gasteiger partial charge in [-0.15, -0.1) is 0 Å². The van der Waals surface area contributed by atoms with Gasteiger partial charge < -0.3 is 5.32 Å². The molecule has 0 bridgehead atoms. The Morgan fingerprint density at radius 1 is 1.08 bits per heavy atom. The second kappa shape index (κ2) is 7.87. The van der Waals surface area contributed by atoms with Crippen LogP contribution in [0.4, 0.5) is 0 Å². The van der Waals surface area contributed by atoms with Crippen molar-refractivity contribution in [3.05, 3.63) is 90.0 Å². The molecule has 2 heterocycles. The van der Waals surface area contributed by atoms with Gasteiger partial charge in [0.2, 0.25) is 5.91 Å². The van der Waals surface area contributed by atoms with Crippen LogP contribution in [-0.2, 0) is 17.9 Å². The van der Waals surface area contributed by atoms with Crippen molar-refractivity contribution < 1.29 is 4.79 Å². The summed E-state index contributed by atoms with van der Waals surface area (Å²) in [7, 11) is 0. The van der Waals surface area contributed by atoms with Crippen molar-refractivity contribution in [1.29, 1.82) is 0 Å². The van der Waals surface area contributed by atoms with Gasteiger partial charge in [0.25, 0.3) is 0 Å². The topological polar surface area (TPSA) is 59.8 Å². The Morgan fingerprint density at radius 2 is 1.96 bits per heavy atom. The van der Waals surface area contributed by atoms with Crippen LogP contribution in [0.5, 0.6) is 0 Å². The fraction of sp³-hybridized carbons (Fsp3) is 0.105. The van der Waals surface area contributed by atoms with Crippen LogP contribution in [0.2, 0.25) is 0 Å². The van der Waals surface area contributed by atoms with E-state index in [1.807, 2.05) is 47.3 Å². The molecule has 1 aromatic carbocycles. The van der Waals surface area contributed by atoms with Crippen LogP contribution in [0.3, 0.4) is 0 Å². The molecule has 0 unspecified atom stereocenters. The second-order valence-corrected chi connectivity index (χ2v) is 5.31. The van der Waals surface area contributed by atoms with Gasteiger partial charge >= 0.3 is 0 Å². The van der Waals surface area contributed by atoms with Crippen LogP contribution in [0, 0.1) is 0 Å². The Balaban J connectivity index is 1.60. The molecule has 0 spiro atoms. The van der Waals surface area contributed by atoms with Crippen molar-refractivity contribution in [2.24, 2.45) is 0 Å². The van der Waals surface area contributed by atoms with Gasteiger partial charge in [0.1, 0.15) is 0 Å². The van der Waals surface area contributed by atoms with Crippen molar-refractivity contribution in [3.63, 3.8) is 0 Å². The lowest BCUT2D eigenvalue weighted by molar-refractivity contribution is -0.116. The predicted octanol–water partition coefficient (Wildman–Crippen LogP) is 2.66. The maximum Gasteiger partial charge on any atom is 0.244 e. The predicted molar refractivity (Wildman–Crippen MR) is 92.9 cm³/mol. The zero-order valence-corrected chi connectivity index (χ0v) is 13.2. The highest BCUT2D eigenvalue weighted by Crippen LogP contribution is 2.10. The van der Waals surface area contributed by atoms with E-state index in [1.54, 1.807) is 24.7 Å². The Labute approximate surface area is 140 Å². The average molecular weight is 318 g/mol. The maximum atomic E-state index is 12.0. The van der Waals surface area contributed by atoms with Crippen molar-refractivity contribution in [1.82, 2.24) is 20.1 Å². The van der Waals surface area contributed by atoms with E-state index in [4.69, 9.17) is 0 Å². The van der Waals surface area contributed by atoms with Gasteiger partial charge in [-0.3, -0.25) is 14.5 Å². The van der Waals surface area contributed by atoms with Gasteiger partial charge in [0.15, 0.2) is 0 Å². The largest absolute Gasteiger partial charge is 0.348 e. The van der Waals surface area contributed by atoms with Crippen LogP contribution in [0.25, 0.3) is 6.08 Å². The van der Waals surface area contributed by atoms with Crippen LogP contribution in [0.15, 0.2) is 73.3 Å². The number of carbonyl (C=O) groups excluding carboxylic acids is 1. The third kappa shape index (κ3) is 4.39. The molecule has 1 amide bonds. The van der Waals surface area contributed by atoms with Crippen molar-refractivity contribution in [2.45, 2.75) is 13.1 Å². The molecular formula is C19H18N4O. The summed E-state index contributed by atoms with van der Waals surface area (Å²) >= 11 is 0. The molecule has 1 N–H and O–H groups in total. The molecule has 0 aliphatic heterocycles. The molecule has 0 radical (unpaired) electrons. The fourth-order valence-electron chi connectivity index (χ4n) is 2.34. The van der Waals surface area contributed by atoms with E-state index in [2.05, 4.69) is 21.5 Å². The summed E-state index contributed by atoms with van der Waals surface area (Å²) < 4.78 is 1.86. The summed E-state index contributed by atoms with van der Waals surface area (Å²) in [6.45, 7) is 1.16. The van der Waals surface area contributed by atoms with Gasteiger partial charge in [0.05, 0.1) is 6.54 Å². The summed E-state index contributed by atoms with van der Waals surface area (Å²) in [6, 6.07) is 13.7. The smallest absolute Gasteiger partial charge is 0.244 e. The minimum atomic E-state index is -0.132.